The summed E-state index contributed by atoms with van der Waals surface area (Å²) in [6.07, 6.45) is 2.96. The monoisotopic (exact) mass is 261 g/mol. The number of nitrogens with two attached hydrogens (primary N) is 1. The lowest BCUT2D eigenvalue weighted by Crippen LogP contribution is -2.00. The van der Waals surface area contributed by atoms with Crippen molar-refractivity contribution in [1.29, 1.82) is 0 Å². The number of aromatic nitrogens is 2. The Hall–Kier alpha value is -2.55. The topological polar surface area (TPSA) is 43.8 Å². The first-order valence-corrected chi connectivity index (χ1v) is 6.75. The number of fused-ring (bicyclic) bond motifs is 3. The minimum atomic E-state index is 0.540. The molecule has 0 bridgehead atoms. The van der Waals surface area contributed by atoms with Gasteiger partial charge in [0.25, 0.3) is 0 Å². The van der Waals surface area contributed by atoms with Gasteiger partial charge < -0.3 is 5.73 Å². The molecule has 3 aromatic rings. The van der Waals surface area contributed by atoms with Crippen LogP contribution in [0.25, 0.3) is 16.8 Å². The summed E-state index contributed by atoms with van der Waals surface area (Å²) in [4.78, 5) is 4.26. The van der Waals surface area contributed by atoms with Crippen molar-refractivity contribution in [1.82, 2.24) is 9.55 Å². The van der Waals surface area contributed by atoms with Crippen molar-refractivity contribution in [3.8, 4) is 16.8 Å². The van der Waals surface area contributed by atoms with Crippen LogP contribution in [0, 0.1) is 6.92 Å². The zero-order valence-corrected chi connectivity index (χ0v) is 11.3. The van der Waals surface area contributed by atoms with Crippen molar-refractivity contribution in [3.63, 3.8) is 0 Å². The summed E-state index contributed by atoms with van der Waals surface area (Å²) in [5.41, 5.74) is 13.4. The van der Waals surface area contributed by atoms with Gasteiger partial charge in [-0.15, -0.1) is 0 Å². The number of nitrogen functional groups attached to an aromatic ring is 1. The lowest BCUT2D eigenvalue weighted by atomic mass is 10.1. The zero-order valence-electron chi connectivity index (χ0n) is 11.3. The molecule has 0 fully saturated rings. The van der Waals surface area contributed by atoms with Crippen LogP contribution >= 0.6 is 0 Å². The molecule has 0 saturated carbocycles. The summed E-state index contributed by atoms with van der Waals surface area (Å²) < 4.78 is 1.94. The van der Waals surface area contributed by atoms with E-state index in [1.807, 2.05) is 17.7 Å². The first-order valence-electron chi connectivity index (χ1n) is 6.75. The molecular formula is C17H15N3. The van der Waals surface area contributed by atoms with E-state index < -0.39 is 0 Å². The number of hydrogen-bond acceptors (Lipinski definition) is 2. The largest absolute Gasteiger partial charge is 0.369 e. The standard InChI is InChI=1S/C17H15N3/c1-11-10-20(17(18)19-11)14-6-7-16-13(9-14)8-12-4-2-3-5-15(12)16/h2-7,9-10H,8H2,1H3,(H2,18,19). The second kappa shape index (κ2) is 3.97. The number of aryl methyl sites for hydroxylation is 1. The van der Waals surface area contributed by atoms with Crippen LogP contribution in [0.1, 0.15) is 16.8 Å². The van der Waals surface area contributed by atoms with Gasteiger partial charge in [0.05, 0.1) is 5.69 Å². The zero-order chi connectivity index (χ0) is 13.7. The van der Waals surface area contributed by atoms with Gasteiger partial charge >= 0.3 is 0 Å². The van der Waals surface area contributed by atoms with E-state index in [1.165, 1.54) is 22.3 Å². The second-order valence-electron chi connectivity index (χ2n) is 5.29. The molecule has 0 unspecified atom stereocenters. The maximum Gasteiger partial charge on any atom is 0.205 e. The van der Waals surface area contributed by atoms with Gasteiger partial charge in [-0.3, -0.25) is 4.57 Å². The van der Waals surface area contributed by atoms with E-state index >= 15 is 0 Å². The molecule has 0 aliphatic heterocycles. The van der Waals surface area contributed by atoms with Crippen molar-refractivity contribution in [2.24, 2.45) is 0 Å². The molecule has 0 spiro atoms. The molecule has 0 radical (unpaired) electrons. The minimum absolute atomic E-state index is 0.540. The first-order chi connectivity index (χ1) is 9.72. The number of nitrogens with zero attached hydrogens (tertiary/aromatic N) is 2. The van der Waals surface area contributed by atoms with Crippen LogP contribution in [0.2, 0.25) is 0 Å². The van der Waals surface area contributed by atoms with Gasteiger partial charge in [-0.25, -0.2) is 4.98 Å². The fourth-order valence-corrected chi connectivity index (χ4v) is 3.00. The highest BCUT2D eigenvalue weighted by molar-refractivity contribution is 5.77. The molecule has 3 nitrogen and oxygen atoms in total. The van der Waals surface area contributed by atoms with Crippen LogP contribution < -0.4 is 5.73 Å². The Kier molecular flexibility index (Phi) is 2.24. The fourth-order valence-electron chi connectivity index (χ4n) is 3.00. The third-order valence-corrected chi connectivity index (χ3v) is 3.91. The Labute approximate surface area is 117 Å². The highest BCUT2D eigenvalue weighted by atomic mass is 15.1. The van der Waals surface area contributed by atoms with Gasteiger partial charge in [-0.05, 0) is 47.7 Å². The smallest absolute Gasteiger partial charge is 0.205 e. The molecule has 1 aliphatic rings. The van der Waals surface area contributed by atoms with E-state index in [-0.39, 0.29) is 0 Å². The lowest BCUT2D eigenvalue weighted by Gasteiger charge is -2.07. The van der Waals surface area contributed by atoms with Crippen molar-refractivity contribution in [2.75, 3.05) is 5.73 Å². The van der Waals surface area contributed by atoms with Crippen LogP contribution in [0.4, 0.5) is 5.95 Å². The molecule has 2 aromatic carbocycles. The summed E-state index contributed by atoms with van der Waals surface area (Å²) in [6.45, 7) is 1.95. The quantitative estimate of drug-likeness (QED) is 0.571. The van der Waals surface area contributed by atoms with Crippen LogP contribution in [0.3, 0.4) is 0 Å². The molecule has 1 heterocycles. The number of hydrogen-bond donors (Lipinski definition) is 1. The van der Waals surface area contributed by atoms with Crippen LogP contribution in [0.5, 0.6) is 0 Å². The second-order valence-corrected chi connectivity index (χ2v) is 5.29. The van der Waals surface area contributed by atoms with Gasteiger partial charge in [-0.1, -0.05) is 30.3 Å². The Bertz CT molecular complexity index is 815. The van der Waals surface area contributed by atoms with E-state index in [0.29, 0.717) is 5.95 Å². The third-order valence-electron chi connectivity index (χ3n) is 3.91. The van der Waals surface area contributed by atoms with Crippen molar-refractivity contribution < 1.29 is 0 Å². The summed E-state index contributed by atoms with van der Waals surface area (Å²) in [5, 5.41) is 0. The van der Waals surface area contributed by atoms with E-state index in [9.17, 15) is 0 Å². The molecule has 20 heavy (non-hydrogen) atoms. The third kappa shape index (κ3) is 1.56. The SMILES string of the molecule is Cc1cn(-c2ccc3c(c2)Cc2ccccc2-3)c(N)n1. The summed E-state index contributed by atoms with van der Waals surface area (Å²) in [5.74, 6) is 0.540. The number of benzene rings is 2. The number of imidazole rings is 1. The highest BCUT2D eigenvalue weighted by Crippen LogP contribution is 2.37. The van der Waals surface area contributed by atoms with Crippen molar-refractivity contribution in [3.05, 3.63) is 65.5 Å². The van der Waals surface area contributed by atoms with E-state index in [2.05, 4.69) is 47.4 Å². The molecule has 3 heteroatoms. The predicted octanol–water partition coefficient (Wildman–Crippen LogP) is 3.33. The van der Waals surface area contributed by atoms with E-state index in [4.69, 9.17) is 5.73 Å². The van der Waals surface area contributed by atoms with Crippen LogP contribution in [-0.4, -0.2) is 9.55 Å². The summed E-state index contributed by atoms with van der Waals surface area (Å²) in [7, 11) is 0. The average Bonchev–Trinajstić information content (AvgIpc) is 2.97. The molecule has 1 aromatic heterocycles. The lowest BCUT2D eigenvalue weighted by molar-refractivity contribution is 1.07. The molecule has 0 saturated heterocycles. The molecule has 2 N–H and O–H groups in total. The average molecular weight is 261 g/mol. The van der Waals surface area contributed by atoms with Gasteiger partial charge in [-0.2, -0.15) is 0 Å². The van der Waals surface area contributed by atoms with Crippen LogP contribution in [0.15, 0.2) is 48.7 Å². The Morgan fingerprint density at radius 2 is 1.85 bits per heavy atom. The first kappa shape index (κ1) is 11.3. The van der Waals surface area contributed by atoms with E-state index in [1.54, 1.807) is 0 Å². The minimum Gasteiger partial charge on any atom is -0.369 e. The van der Waals surface area contributed by atoms with Crippen molar-refractivity contribution >= 4 is 5.95 Å². The van der Waals surface area contributed by atoms with Crippen molar-refractivity contribution in [2.45, 2.75) is 13.3 Å². The highest BCUT2D eigenvalue weighted by Gasteiger charge is 2.18. The molecule has 0 atom stereocenters. The number of anilines is 1. The molecular weight excluding hydrogens is 246 g/mol. The molecule has 98 valence electrons. The molecule has 4 rings (SSSR count). The number of rotatable bonds is 1. The Morgan fingerprint density at radius 3 is 2.65 bits per heavy atom. The fraction of sp³-hybridized carbons (Fsp3) is 0.118. The van der Waals surface area contributed by atoms with Gasteiger partial charge in [0.1, 0.15) is 0 Å². The normalized spacial score (nSPS) is 12.2. The van der Waals surface area contributed by atoms with Crippen LogP contribution in [-0.2, 0) is 6.42 Å². The Morgan fingerprint density at radius 1 is 1.05 bits per heavy atom. The summed E-state index contributed by atoms with van der Waals surface area (Å²) >= 11 is 0. The molecule has 1 aliphatic carbocycles. The molecule has 0 amide bonds. The van der Waals surface area contributed by atoms with E-state index in [0.717, 1.165) is 17.8 Å². The predicted molar refractivity (Wildman–Crippen MR) is 81.0 cm³/mol. The Balaban J connectivity index is 1.85. The summed E-state index contributed by atoms with van der Waals surface area (Å²) in [6, 6.07) is 15.1. The van der Waals surface area contributed by atoms with Gasteiger partial charge in [0, 0.05) is 11.9 Å². The van der Waals surface area contributed by atoms with Gasteiger partial charge in [0.15, 0.2) is 0 Å². The maximum absolute atomic E-state index is 5.95. The van der Waals surface area contributed by atoms with Gasteiger partial charge in [0.2, 0.25) is 5.95 Å². The maximum atomic E-state index is 5.95.